The molecule has 3 atom stereocenters. The van der Waals surface area contributed by atoms with Crippen LogP contribution in [-0.2, 0) is 10.9 Å². The Morgan fingerprint density at radius 1 is 1.24 bits per heavy atom. The number of fused-ring (bicyclic) bond motifs is 2. The van der Waals surface area contributed by atoms with Crippen LogP contribution in [0.5, 0.6) is 5.75 Å². The summed E-state index contributed by atoms with van der Waals surface area (Å²) in [6.07, 6.45) is -2.24. The predicted molar refractivity (Wildman–Crippen MR) is 99.3 cm³/mol. The van der Waals surface area contributed by atoms with Gasteiger partial charge in [0.25, 0.3) is 0 Å². The molecule has 2 saturated heterocycles. The number of benzene rings is 1. The topological polar surface area (TPSA) is 62.6 Å². The number of ether oxygens (including phenoxy) is 2. The molecule has 2 fully saturated rings. The molecule has 0 radical (unpaired) electrons. The van der Waals surface area contributed by atoms with Crippen molar-refractivity contribution >= 4 is 6.09 Å². The molecule has 5 nitrogen and oxygen atoms in total. The molecule has 2 aliphatic heterocycles. The zero-order chi connectivity index (χ0) is 21.4. The van der Waals surface area contributed by atoms with E-state index in [2.05, 4.69) is 0 Å². The number of hydrogen-bond donors (Lipinski definition) is 0. The van der Waals surface area contributed by atoms with Gasteiger partial charge in [-0.3, -0.25) is 0 Å². The Morgan fingerprint density at radius 3 is 2.38 bits per heavy atom. The quantitative estimate of drug-likeness (QED) is 0.678. The highest BCUT2D eigenvalue weighted by Crippen LogP contribution is 2.41. The molecule has 2 heterocycles. The van der Waals surface area contributed by atoms with Crippen LogP contribution in [0.2, 0.25) is 0 Å². The second kappa shape index (κ2) is 7.77. The van der Waals surface area contributed by atoms with Gasteiger partial charge in [-0.15, -0.1) is 0 Å². The van der Waals surface area contributed by atoms with Crippen molar-refractivity contribution in [1.29, 1.82) is 5.26 Å². The van der Waals surface area contributed by atoms with Crippen LogP contribution in [0.15, 0.2) is 18.2 Å². The summed E-state index contributed by atoms with van der Waals surface area (Å²) in [7, 11) is 0. The summed E-state index contributed by atoms with van der Waals surface area (Å²) >= 11 is 0. The summed E-state index contributed by atoms with van der Waals surface area (Å²) in [5, 5.41) is 8.89. The standard InChI is InChI=1S/C21H25F3N2O3/c1-4-20(2,3)29-19(27)26-14-6-7-15(26)11-16(10-14)28-18-8-5-13(12-25)9-17(18)21(22,23)24/h5,8-9,14-16H,4,6-7,10-11H2,1-3H3/t14-,15+,16?. The highest BCUT2D eigenvalue weighted by molar-refractivity contribution is 5.69. The van der Waals surface area contributed by atoms with Crippen LogP contribution >= 0.6 is 0 Å². The normalized spacial score (nSPS) is 24.2. The van der Waals surface area contributed by atoms with Gasteiger partial charge in [0.05, 0.1) is 17.2 Å². The Labute approximate surface area is 168 Å². The molecule has 8 heteroatoms. The van der Waals surface area contributed by atoms with Crippen molar-refractivity contribution in [2.24, 2.45) is 0 Å². The molecule has 158 valence electrons. The second-order valence-corrected chi connectivity index (χ2v) is 8.31. The van der Waals surface area contributed by atoms with E-state index in [-0.39, 0.29) is 29.5 Å². The van der Waals surface area contributed by atoms with E-state index in [0.29, 0.717) is 19.3 Å². The van der Waals surface area contributed by atoms with Gasteiger partial charge in [0, 0.05) is 24.9 Å². The van der Waals surface area contributed by atoms with Crippen LogP contribution in [0.1, 0.15) is 64.0 Å². The number of nitriles is 1. The first-order valence-electron chi connectivity index (χ1n) is 9.83. The number of amides is 1. The van der Waals surface area contributed by atoms with Crippen LogP contribution in [0, 0.1) is 11.3 Å². The summed E-state index contributed by atoms with van der Waals surface area (Å²) in [5.74, 6) is -0.274. The molecule has 0 aromatic heterocycles. The van der Waals surface area contributed by atoms with Crippen molar-refractivity contribution in [3.8, 4) is 11.8 Å². The summed E-state index contributed by atoms with van der Waals surface area (Å²) in [5.41, 5.74) is -1.58. The average molecular weight is 410 g/mol. The van der Waals surface area contributed by atoms with Crippen molar-refractivity contribution < 1.29 is 27.4 Å². The van der Waals surface area contributed by atoms with Gasteiger partial charge in [-0.1, -0.05) is 6.92 Å². The van der Waals surface area contributed by atoms with E-state index in [4.69, 9.17) is 14.7 Å². The van der Waals surface area contributed by atoms with Crippen molar-refractivity contribution in [2.75, 3.05) is 0 Å². The van der Waals surface area contributed by atoms with E-state index in [1.54, 1.807) is 11.0 Å². The highest BCUT2D eigenvalue weighted by atomic mass is 19.4. The number of rotatable bonds is 4. The van der Waals surface area contributed by atoms with E-state index in [1.165, 1.54) is 12.1 Å². The monoisotopic (exact) mass is 410 g/mol. The SMILES string of the molecule is CCC(C)(C)OC(=O)N1[C@@H]2CC[C@H]1CC(Oc1ccc(C#N)cc1C(F)(F)F)C2. The molecular weight excluding hydrogens is 385 g/mol. The lowest BCUT2D eigenvalue weighted by atomic mass is 9.99. The molecule has 0 spiro atoms. The van der Waals surface area contributed by atoms with Crippen molar-refractivity contribution in [3.05, 3.63) is 29.3 Å². The molecule has 1 amide bonds. The molecule has 1 aromatic carbocycles. The molecule has 0 aliphatic carbocycles. The lowest BCUT2D eigenvalue weighted by Gasteiger charge is -2.40. The molecule has 1 aromatic rings. The number of hydrogen-bond acceptors (Lipinski definition) is 4. The van der Waals surface area contributed by atoms with E-state index in [9.17, 15) is 18.0 Å². The molecule has 2 aliphatic rings. The summed E-state index contributed by atoms with van der Waals surface area (Å²) in [6.45, 7) is 5.65. The number of halogens is 3. The molecule has 3 rings (SSSR count). The zero-order valence-electron chi connectivity index (χ0n) is 16.8. The predicted octanol–water partition coefficient (Wildman–Crippen LogP) is 5.28. The lowest BCUT2D eigenvalue weighted by Crippen LogP contribution is -2.51. The van der Waals surface area contributed by atoms with Gasteiger partial charge >= 0.3 is 12.3 Å². The van der Waals surface area contributed by atoms with E-state index >= 15 is 0 Å². The van der Waals surface area contributed by atoms with Crippen LogP contribution < -0.4 is 4.74 Å². The Balaban J connectivity index is 1.73. The third kappa shape index (κ3) is 4.60. The van der Waals surface area contributed by atoms with E-state index < -0.39 is 23.4 Å². The maximum absolute atomic E-state index is 13.4. The lowest BCUT2D eigenvalue weighted by molar-refractivity contribution is -0.139. The molecule has 29 heavy (non-hydrogen) atoms. The minimum absolute atomic E-state index is 0.0687. The van der Waals surface area contributed by atoms with Gasteiger partial charge < -0.3 is 14.4 Å². The average Bonchev–Trinajstić information content (AvgIpc) is 2.92. The Hall–Kier alpha value is -2.43. The largest absolute Gasteiger partial charge is 0.490 e. The zero-order valence-corrected chi connectivity index (χ0v) is 16.8. The van der Waals surface area contributed by atoms with Crippen LogP contribution in [-0.4, -0.2) is 34.8 Å². The fourth-order valence-electron chi connectivity index (χ4n) is 3.99. The minimum atomic E-state index is -4.61. The molecule has 0 saturated carbocycles. The van der Waals surface area contributed by atoms with Crippen molar-refractivity contribution in [1.82, 2.24) is 4.90 Å². The Kier molecular flexibility index (Phi) is 5.70. The maximum Gasteiger partial charge on any atom is 0.420 e. The molecule has 1 unspecified atom stereocenters. The second-order valence-electron chi connectivity index (χ2n) is 8.31. The smallest absolute Gasteiger partial charge is 0.420 e. The highest BCUT2D eigenvalue weighted by Gasteiger charge is 2.46. The number of piperidine rings is 1. The molecule has 0 N–H and O–H groups in total. The van der Waals surface area contributed by atoms with Gasteiger partial charge in [-0.25, -0.2) is 4.79 Å². The van der Waals surface area contributed by atoms with Gasteiger partial charge in [0.15, 0.2) is 0 Å². The summed E-state index contributed by atoms with van der Waals surface area (Å²) in [4.78, 5) is 14.4. The first-order valence-corrected chi connectivity index (χ1v) is 9.83. The molecular formula is C21H25F3N2O3. The maximum atomic E-state index is 13.4. The third-order valence-corrected chi connectivity index (χ3v) is 5.82. The third-order valence-electron chi connectivity index (χ3n) is 5.82. The van der Waals surface area contributed by atoms with Crippen molar-refractivity contribution in [2.45, 2.75) is 82.8 Å². The van der Waals surface area contributed by atoms with Gasteiger partial charge in [0.1, 0.15) is 17.5 Å². The van der Waals surface area contributed by atoms with E-state index in [0.717, 1.165) is 18.9 Å². The Morgan fingerprint density at radius 2 is 1.86 bits per heavy atom. The fourth-order valence-corrected chi connectivity index (χ4v) is 3.99. The van der Waals surface area contributed by atoms with Crippen LogP contribution in [0.25, 0.3) is 0 Å². The Bertz CT molecular complexity index is 802. The van der Waals surface area contributed by atoms with E-state index in [1.807, 2.05) is 20.8 Å². The first-order chi connectivity index (χ1) is 13.5. The van der Waals surface area contributed by atoms with Crippen molar-refractivity contribution in [3.63, 3.8) is 0 Å². The van der Waals surface area contributed by atoms with Crippen LogP contribution in [0.3, 0.4) is 0 Å². The number of nitrogens with zero attached hydrogens (tertiary/aromatic N) is 2. The number of alkyl halides is 3. The van der Waals surface area contributed by atoms with Crippen LogP contribution in [0.4, 0.5) is 18.0 Å². The first kappa shape index (κ1) is 21.3. The number of carbonyl (C=O) groups is 1. The molecule has 2 bridgehead atoms. The van der Waals surface area contributed by atoms with Gasteiger partial charge in [0.2, 0.25) is 0 Å². The van der Waals surface area contributed by atoms with Gasteiger partial charge in [-0.2, -0.15) is 18.4 Å². The summed E-state index contributed by atoms with van der Waals surface area (Å²) in [6, 6.07) is 4.84. The van der Waals surface area contributed by atoms with Gasteiger partial charge in [-0.05, 0) is 51.3 Å². The minimum Gasteiger partial charge on any atom is -0.490 e. The summed E-state index contributed by atoms with van der Waals surface area (Å²) < 4.78 is 51.5. The fraction of sp³-hybridized carbons (Fsp3) is 0.619. The number of carbonyl (C=O) groups excluding carboxylic acids is 1.